The first-order valence-electron chi connectivity index (χ1n) is 22.1. The minimum atomic E-state index is -1.53. The smallest absolute Gasteiger partial charge is 0.129 e. The molecule has 7 aromatic rings. The average molecular weight is 837 g/mol. The molecule has 4 aromatic carbocycles. The second kappa shape index (κ2) is 15.9. The van der Waals surface area contributed by atoms with Gasteiger partial charge in [0, 0.05) is 49.9 Å². The molecule has 3 aromatic heterocycles. The second-order valence-electron chi connectivity index (χ2n) is 18.9. The molecule has 0 fully saturated rings. The van der Waals surface area contributed by atoms with Crippen molar-refractivity contribution >= 4 is 54.4 Å². The van der Waals surface area contributed by atoms with E-state index in [0.717, 1.165) is 78.2 Å². The third-order valence-corrected chi connectivity index (χ3v) is 13.1. The fourth-order valence-corrected chi connectivity index (χ4v) is 10.5. The van der Waals surface area contributed by atoms with E-state index in [1.54, 1.807) is 0 Å². The van der Waals surface area contributed by atoms with E-state index >= 15 is 0 Å². The Kier molecular flexibility index (Phi) is 10.5. The van der Waals surface area contributed by atoms with Gasteiger partial charge in [0.15, 0.2) is 0 Å². The van der Waals surface area contributed by atoms with E-state index < -0.39 is 8.07 Å². The van der Waals surface area contributed by atoms with Crippen LogP contribution in [0.2, 0.25) is 19.6 Å². The van der Waals surface area contributed by atoms with Crippen molar-refractivity contribution in [3.05, 3.63) is 163 Å². The van der Waals surface area contributed by atoms with Crippen molar-refractivity contribution in [1.82, 2.24) is 19.9 Å². The average Bonchev–Trinajstić information content (AvgIpc) is 4.03. The Labute approximate surface area is 374 Å². The number of hydrogen-bond donors (Lipinski definition) is 2. The summed E-state index contributed by atoms with van der Waals surface area (Å²) in [6.45, 7) is 26.7. The first-order valence-corrected chi connectivity index (χ1v) is 25.6. The quantitative estimate of drug-likeness (QED) is 0.137. The molecule has 8 bridgehead atoms. The fraction of sp³-hybridized carbons (Fsp3) is 0.207. The largest absolute Gasteiger partial charge is 0.354 e. The first kappa shape index (κ1) is 41.6. The molecule has 5 heterocycles. The molecular formula is C58H56N4Si. The van der Waals surface area contributed by atoms with E-state index in [9.17, 15) is 0 Å². The van der Waals surface area contributed by atoms with Crippen LogP contribution in [0.5, 0.6) is 0 Å². The molecular weight excluding hydrogens is 781 g/mol. The van der Waals surface area contributed by atoms with E-state index in [2.05, 4.69) is 213 Å². The number of H-pyrrole nitrogens is 2. The molecule has 2 N–H and O–H groups in total. The lowest BCUT2D eigenvalue weighted by molar-refractivity contribution is 1.27. The van der Waals surface area contributed by atoms with Gasteiger partial charge in [-0.3, -0.25) is 0 Å². The van der Waals surface area contributed by atoms with Gasteiger partial charge in [-0.25, -0.2) is 9.97 Å². The fourth-order valence-electron chi connectivity index (χ4n) is 9.95. The molecule has 9 rings (SSSR count). The molecule has 0 saturated heterocycles. The molecule has 2 aliphatic rings. The highest BCUT2D eigenvalue weighted by Gasteiger charge is 2.22. The lowest BCUT2D eigenvalue weighted by Crippen LogP contribution is -2.16. The predicted octanol–water partition coefficient (Wildman–Crippen LogP) is 15.3. The van der Waals surface area contributed by atoms with Crippen molar-refractivity contribution in [2.24, 2.45) is 0 Å². The highest BCUT2D eigenvalue weighted by atomic mass is 28.3. The van der Waals surface area contributed by atoms with Crippen LogP contribution in [0.25, 0.3) is 90.9 Å². The molecule has 0 unspecified atom stereocenters. The van der Waals surface area contributed by atoms with E-state index in [-0.39, 0.29) is 0 Å². The van der Waals surface area contributed by atoms with Crippen LogP contribution in [-0.2, 0) is 0 Å². The summed E-state index contributed by atoms with van der Waals surface area (Å²) in [4.78, 5) is 19.0. The van der Waals surface area contributed by atoms with Crippen LogP contribution in [-0.4, -0.2) is 28.0 Å². The highest BCUT2D eigenvalue weighted by Crippen LogP contribution is 2.42. The van der Waals surface area contributed by atoms with Gasteiger partial charge in [-0.05, 0) is 179 Å². The minimum absolute atomic E-state index is 0.882. The number of nitrogens with zero attached hydrogens (tertiary/aromatic N) is 2. The third-order valence-electron chi connectivity index (χ3n) is 12.3. The third kappa shape index (κ3) is 7.97. The van der Waals surface area contributed by atoms with Crippen molar-refractivity contribution < 1.29 is 0 Å². The number of aromatic amines is 2. The van der Waals surface area contributed by atoms with Crippen LogP contribution in [0.4, 0.5) is 0 Å². The van der Waals surface area contributed by atoms with E-state index in [1.165, 1.54) is 66.8 Å². The van der Waals surface area contributed by atoms with Crippen molar-refractivity contribution in [2.45, 2.75) is 82.0 Å². The van der Waals surface area contributed by atoms with Crippen LogP contribution >= 0.6 is 0 Å². The van der Waals surface area contributed by atoms with Gasteiger partial charge in [-0.2, -0.15) is 0 Å². The summed E-state index contributed by atoms with van der Waals surface area (Å²) in [6.07, 6.45) is 8.74. The van der Waals surface area contributed by atoms with Crippen molar-refractivity contribution in [3.8, 4) is 56.0 Å². The zero-order chi connectivity index (χ0) is 44.5. The van der Waals surface area contributed by atoms with Gasteiger partial charge in [-0.1, -0.05) is 90.8 Å². The number of aromatic nitrogens is 4. The molecule has 2 aliphatic heterocycles. The monoisotopic (exact) mass is 836 g/mol. The van der Waals surface area contributed by atoms with Gasteiger partial charge < -0.3 is 9.97 Å². The maximum atomic E-state index is 5.66. The van der Waals surface area contributed by atoms with Gasteiger partial charge in [-0.15, -0.1) is 5.54 Å². The molecule has 0 radical (unpaired) electrons. The van der Waals surface area contributed by atoms with E-state index in [0.29, 0.717) is 0 Å². The number of aryl methyl sites for hydroxylation is 9. The summed E-state index contributed by atoms with van der Waals surface area (Å²) in [5.41, 5.74) is 32.3. The number of benzene rings is 4. The summed E-state index contributed by atoms with van der Waals surface area (Å²) in [5.74, 6) is 3.45. The van der Waals surface area contributed by atoms with Gasteiger partial charge >= 0.3 is 0 Å². The highest BCUT2D eigenvalue weighted by molar-refractivity contribution is 6.83. The minimum Gasteiger partial charge on any atom is -0.354 e. The molecule has 63 heavy (non-hydrogen) atoms. The van der Waals surface area contributed by atoms with Crippen LogP contribution < -0.4 is 0 Å². The van der Waals surface area contributed by atoms with Gasteiger partial charge in [0.2, 0.25) is 0 Å². The maximum Gasteiger partial charge on any atom is 0.129 e. The lowest BCUT2D eigenvalue weighted by Gasteiger charge is -2.14. The van der Waals surface area contributed by atoms with E-state index in [4.69, 9.17) is 9.97 Å². The Morgan fingerprint density at radius 3 is 1.29 bits per heavy atom. The Morgan fingerprint density at radius 2 is 0.825 bits per heavy atom. The van der Waals surface area contributed by atoms with Crippen LogP contribution in [0, 0.1) is 73.8 Å². The normalized spacial score (nSPS) is 12.2. The molecule has 5 heteroatoms. The van der Waals surface area contributed by atoms with Crippen molar-refractivity contribution in [1.29, 1.82) is 0 Å². The molecule has 0 amide bonds. The Morgan fingerprint density at radius 1 is 0.413 bits per heavy atom. The van der Waals surface area contributed by atoms with Crippen molar-refractivity contribution in [2.75, 3.05) is 0 Å². The summed E-state index contributed by atoms with van der Waals surface area (Å²) >= 11 is 0. The molecule has 0 saturated carbocycles. The summed E-state index contributed by atoms with van der Waals surface area (Å²) < 4.78 is 0. The summed E-state index contributed by atoms with van der Waals surface area (Å²) in [5, 5.41) is 0. The number of hydrogen-bond acceptors (Lipinski definition) is 2. The Hall–Kier alpha value is -6.74. The second-order valence-corrected chi connectivity index (χ2v) is 23.7. The maximum absolute atomic E-state index is 5.66. The predicted molar refractivity (Wildman–Crippen MR) is 273 cm³/mol. The Bertz CT molecular complexity index is 3280. The van der Waals surface area contributed by atoms with Gasteiger partial charge in [0.05, 0.1) is 22.8 Å². The van der Waals surface area contributed by atoms with Crippen LogP contribution in [0.15, 0.2) is 84.9 Å². The summed E-state index contributed by atoms with van der Waals surface area (Å²) in [7, 11) is -1.53. The standard InChI is InChI=1S/C58H56N4Si/c1-33-25-36(4)53(37(5)26-33)56-46-18-17-44(59-46)31-51-45(43-15-13-42(14-16-43)23-24-63(10,11)12)32-52(62-51)58(55-40(8)29-35(3)30-41(55)9)50-22-21-49(61-50)57(48-20-19-47(56)60-48)54-38(6)27-34(2)28-39(54)7/h13-22,25-32,60,62H,1-12H3. The first-order chi connectivity index (χ1) is 30.0. The van der Waals surface area contributed by atoms with Crippen LogP contribution in [0.1, 0.15) is 78.4 Å². The Balaban J connectivity index is 1.47. The molecule has 0 aliphatic carbocycles. The van der Waals surface area contributed by atoms with Crippen LogP contribution in [0.3, 0.4) is 0 Å². The topological polar surface area (TPSA) is 57.4 Å². The SMILES string of the molecule is Cc1cc(C)c(-c2c3nc(c(-c4c(C)cc(C)cc4C)c4ccc([nH]4)c(-c4c(C)cc(C)cc4C)c4nc(cc5[nH]c2cc5-c2ccc(C#C[Si](C)(C)C)cc2)C=C4)C=C3)c(C)c1. The molecule has 0 atom stereocenters. The molecule has 0 spiro atoms. The molecule has 4 nitrogen and oxygen atoms in total. The molecule has 312 valence electrons. The lowest BCUT2D eigenvalue weighted by atomic mass is 9.92. The summed E-state index contributed by atoms with van der Waals surface area (Å²) in [6, 6.07) is 31.4. The number of fused-ring (bicyclic) bond motifs is 8. The number of rotatable bonds is 4. The zero-order valence-electron chi connectivity index (χ0n) is 38.8. The van der Waals surface area contributed by atoms with E-state index in [1.807, 2.05) is 0 Å². The van der Waals surface area contributed by atoms with Gasteiger partial charge in [0.1, 0.15) is 8.07 Å². The van der Waals surface area contributed by atoms with Gasteiger partial charge in [0.25, 0.3) is 0 Å². The number of nitrogens with one attached hydrogen (secondary N) is 2. The zero-order valence-corrected chi connectivity index (χ0v) is 39.8. The van der Waals surface area contributed by atoms with Crippen molar-refractivity contribution in [3.63, 3.8) is 0 Å².